The molecule has 31 heavy (non-hydrogen) atoms. The van der Waals surface area contributed by atoms with E-state index in [9.17, 15) is 0 Å². The molecule has 1 fully saturated rings. The van der Waals surface area contributed by atoms with Crippen LogP contribution in [0.1, 0.15) is 24.0 Å². The highest BCUT2D eigenvalue weighted by molar-refractivity contribution is 5.72. The Morgan fingerprint density at radius 1 is 0.839 bits per heavy atom. The lowest BCUT2D eigenvalue weighted by atomic mass is 10.0. The Balaban J connectivity index is 1.43. The molecule has 0 radical (unpaired) electrons. The molecule has 0 saturated carbocycles. The van der Waals surface area contributed by atoms with Gasteiger partial charge in [0.25, 0.3) is 0 Å². The smallest absolute Gasteiger partial charge is 0.178 e. The van der Waals surface area contributed by atoms with Crippen molar-refractivity contribution in [1.29, 1.82) is 0 Å². The molecule has 5 nitrogen and oxygen atoms in total. The Labute approximate surface area is 182 Å². The number of rotatable bonds is 5. The van der Waals surface area contributed by atoms with Crippen LogP contribution in [-0.2, 0) is 6.54 Å². The van der Waals surface area contributed by atoms with Crippen molar-refractivity contribution < 1.29 is 0 Å². The van der Waals surface area contributed by atoms with Crippen LogP contribution in [0, 0.1) is 6.92 Å². The quantitative estimate of drug-likeness (QED) is 0.457. The lowest BCUT2D eigenvalue weighted by molar-refractivity contribution is 0.331. The molecule has 4 heterocycles. The molecule has 5 rings (SSSR count). The van der Waals surface area contributed by atoms with Crippen LogP contribution in [0.15, 0.2) is 73.3 Å². The normalized spacial score (nSPS) is 14.1. The summed E-state index contributed by atoms with van der Waals surface area (Å²) >= 11 is 0. The highest BCUT2D eigenvalue weighted by atomic mass is 15.1. The number of aromatic nitrogens is 4. The van der Waals surface area contributed by atoms with Crippen LogP contribution in [0.2, 0.25) is 0 Å². The molecule has 0 amide bonds. The van der Waals surface area contributed by atoms with Crippen molar-refractivity contribution >= 4 is 0 Å². The lowest BCUT2D eigenvalue weighted by Gasteiger charge is -2.14. The summed E-state index contributed by atoms with van der Waals surface area (Å²) in [5.74, 6) is 0.623. The minimum Gasteiger partial charge on any atom is -0.299 e. The second-order valence-electron chi connectivity index (χ2n) is 8.08. The minimum atomic E-state index is 0.623. The van der Waals surface area contributed by atoms with Gasteiger partial charge < -0.3 is 0 Å². The molecular weight excluding hydrogens is 382 g/mol. The van der Waals surface area contributed by atoms with Crippen molar-refractivity contribution in [2.24, 2.45) is 0 Å². The Kier molecular flexibility index (Phi) is 5.50. The van der Waals surface area contributed by atoms with E-state index in [2.05, 4.69) is 50.2 Å². The van der Waals surface area contributed by atoms with E-state index in [4.69, 9.17) is 4.98 Å². The molecule has 4 aromatic rings. The van der Waals surface area contributed by atoms with Gasteiger partial charge in [-0.05, 0) is 67.7 Å². The van der Waals surface area contributed by atoms with Crippen LogP contribution in [-0.4, -0.2) is 37.9 Å². The van der Waals surface area contributed by atoms with Gasteiger partial charge in [-0.3, -0.25) is 14.9 Å². The predicted octanol–water partition coefficient (Wildman–Crippen LogP) is 5.17. The second-order valence-corrected chi connectivity index (χ2v) is 8.08. The van der Waals surface area contributed by atoms with Crippen LogP contribution >= 0.6 is 0 Å². The van der Waals surface area contributed by atoms with E-state index in [1.165, 1.54) is 31.5 Å². The number of hydrogen-bond acceptors (Lipinski definition) is 5. The van der Waals surface area contributed by atoms with Gasteiger partial charge in [0, 0.05) is 42.5 Å². The van der Waals surface area contributed by atoms with Crippen molar-refractivity contribution in [1.82, 2.24) is 24.8 Å². The van der Waals surface area contributed by atoms with E-state index in [0.29, 0.717) is 5.82 Å². The third-order valence-corrected chi connectivity index (χ3v) is 5.77. The summed E-state index contributed by atoms with van der Waals surface area (Å²) in [5, 5.41) is 0. The average Bonchev–Trinajstić information content (AvgIpc) is 3.34. The first-order chi connectivity index (χ1) is 15.3. The van der Waals surface area contributed by atoms with Gasteiger partial charge in [-0.25, -0.2) is 9.97 Å². The molecule has 0 atom stereocenters. The van der Waals surface area contributed by atoms with Gasteiger partial charge in [-0.1, -0.05) is 30.3 Å². The fourth-order valence-corrected chi connectivity index (χ4v) is 4.08. The molecule has 0 unspecified atom stereocenters. The van der Waals surface area contributed by atoms with Gasteiger partial charge in [0.15, 0.2) is 5.82 Å². The fraction of sp³-hybridized carbons (Fsp3) is 0.231. The molecule has 0 bridgehead atoms. The Bertz CT molecular complexity index is 1170. The van der Waals surface area contributed by atoms with Gasteiger partial charge in [0.2, 0.25) is 0 Å². The van der Waals surface area contributed by atoms with Crippen molar-refractivity contribution in [2.45, 2.75) is 26.3 Å². The number of likely N-dealkylation sites (tertiary alicyclic amines) is 1. The summed E-state index contributed by atoms with van der Waals surface area (Å²) in [7, 11) is 0. The molecule has 3 aromatic heterocycles. The summed E-state index contributed by atoms with van der Waals surface area (Å²) in [6.45, 7) is 5.49. The van der Waals surface area contributed by atoms with E-state index in [1.807, 2.05) is 43.7 Å². The number of aryl methyl sites for hydroxylation is 1. The summed E-state index contributed by atoms with van der Waals surface area (Å²) < 4.78 is 0. The Hall–Kier alpha value is -3.44. The average molecular weight is 408 g/mol. The van der Waals surface area contributed by atoms with Gasteiger partial charge >= 0.3 is 0 Å². The minimum absolute atomic E-state index is 0.623. The summed E-state index contributed by atoms with van der Waals surface area (Å²) in [6, 6.07) is 16.8. The molecule has 5 heteroatoms. The molecule has 1 saturated heterocycles. The van der Waals surface area contributed by atoms with Crippen LogP contribution < -0.4 is 0 Å². The highest BCUT2D eigenvalue weighted by Crippen LogP contribution is 2.27. The standard InChI is InChI=1S/C26H25N5/c1-19-15-29-26(24-6-2-3-11-28-24)30-25(19)23-14-22(16-27-17-23)21-9-7-20(8-10-21)18-31-12-4-5-13-31/h2-3,6-11,14-17H,4-5,12-13,18H2,1H3. The molecule has 1 aliphatic rings. The lowest BCUT2D eigenvalue weighted by Crippen LogP contribution is -2.18. The summed E-state index contributed by atoms with van der Waals surface area (Å²) in [6.07, 6.45) is 10.0. The molecule has 0 aliphatic carbocycles. The van der Waals surface area contributed by atoms with Gasteiger partial charge in [0.1, 0.15) is 5.69 Å². The summed E-state index contributed by atoms with van der Waals surface area (Å²) in [5.41, 5.74) is 7.26. The van der Waals surface area contributed by atoms with E-state index in [-0.39, 0.29) is 0 Å². The van der Waals surface area contributed by atoms with Gasteiger partial charge in [0.05, 0.1) is 5.69 Å². The highest BCUT2D eigenvalue weighted by Gasteiger charge is 2.13. The van der Waals surface area contributed by atoms with E-state index in [1.54, 1.807) is 6.20 Å². The number of nitrogens with zero attached hydrogens (tertiary/aromatic N) is 5. The van der Waals surface area contributed by atoms with Gasteiger partial charge in [-0.2, -0.15) is 0 Å². The Morgan fingerprint density at radius 2 is 1.65 bits per heavy atom. The second kappa shape index (κ2) is 8.74. The third kappa shape index (κ3) is 4.37. The predicted molar refractivity (Wildman–Crippen MR) is 123 cm³/mol. The Morgan fingerprint density at radius 3 is 2.42 bits per heavy atom. The maximum absolute atomic E-state index is 4.80. The maximum Gasteiger partial charge on any atom is 0.178 e. The van der Waals surface area contributed by atoms with E-state index in [0.717, 1.165) is 40.2 Å². The molecule has 1 aliphatic heterocycles. The maximum atomic E-state index is 4.80. The van der Waals surface area contributed by atoms with E-state index >= 15 is 0 Å². The van der Waals surface area contributed by atoms with Gasteiger partial charge in [-0.15, -0.1) is 0 Å². The molecule has 1 aromatic carbocycles. The van der Waals surface area contributed by atoms with Crippen molar-refractivity contribution in [3.8, 4) is 33.9 Å². The van der Waals surface area contributed by atoms with Crippen LogP contribution in [0.4, 0.5) is 0 Å². The molecule has 154 valence electrons. The largest absolute Gasteiger partial charge is 0.299 e. The number of hydrogen-bond donors (Lipinski definition) is 0. The topological polar surface area (TPSA) is 54.8 Å². The van der Waals surface area contributed by atoms with Crippen LogP contribution in [0.25, 0.3) is 33.9 Å². The van der Waals surface area contributed by atoms with E-state index < -0.39 is 0 Å². The SMILES string of the molecule is Cc1cnc(-c2ccccn2)nc1-c1cncc(-c2ccc(CN3CCCC3)cc2)c1. The number of pyridine rings is 2. The van der Waals surface area contributed by atoms with Crippen LogP contribution in [0.5, 0.6) is 0 Å². The molecule has 0 N–H and O–H groups in total. The summed E-state index contributed by atoms with van der Waals surface area (Å²) in [4.78, 5) is 20.7. The zero-order valence-corrected chi connectivity index (χ0v) is 17.7. The first-order valence-corrected chi connectivity index (χ1v) is 10.8. The third-order valence-electron chi connectivity index (χ3n) is 5.77. The van der Waals surface area contributed by atoms with Crippen molar-refractivity contribution in [2.75, 3.05) is 13.1 Å². The zero-order chi connectivity index (χ0) is 21.0. The first kappa shape index (κ1) is 19.5. The zero-order valence-electron chi connectivity index (χ0n) is 17.7. The first-order valence-electron chi connectivity index (χ1n) is 10.8. The van der Waals surface area contributed by atoms with Crippen molar-refractivity contribution in [3.05, 3.63) is 84.4 Å². The molecular formula is C26H25N5. The fourth-order valence-electron chi connectivity index (χ4n) is 4.08. The number of benzene rings is 1. The van der Waals surface area contributed by atoms with Crippen LogP contribution in [0.3, 0.4) is 0 Å². The van der Waals surface area contributed by atoms with Crippen molar-refractivity contribution in [3.63, 3.8) is 0 Å². The molecule has 0 spiro atoms. The monoisotopic (exact) mass is 407 g/mol.